The van der Waals surface area contributed by atoms with Gasteiger partial charge in [-0.2, -0.15) is 0 Å². The molecule has 0 spiro atoms. The van der Waals surface area contributed by atoms with Crippen molar-refractivity contribution >= 4 is 22.8 Å². The number of carboxylic acid groups (broad SMARTS) is 1. The van der Waals surface area contributed by atoms with Crippen LogP contribution in [0.3, 0.4) is 0 Å². The number of aryl methyl sites for hydroxylation is 1. The summed E-state index contributed by atoms with van der Waals surface area (Å²) in [5.41, 5.74) is 1.05. The van der Waals surface area contributed by atoms with Gasteiger partial charge in [0.15, 0.2) is 0 Å². The predicted molar refractivity (Wildman–Crippen MR) is 89.8 cm³/mol. The smallest absolute Gasteiger partial charge is 0.313 e. The van der Waals surface area contributed by atoms with Gasteiger partial charge in [-0.3, -0.25) is 9.59 Å². The van der Waals surface area contributed by atoms with Crippen molar-refractivity contribution in [1.82, 2.24) is 9.47 Å². The molecule has 0 radical (unpaired) electrons. The molecular weight excluding hydrogens is 308 g/mol. The Morgan fingerprint density at radius 1 is 1.33 bits per heavy atom. The lowest BCUT2D eigenvalue weighted by Crippen LogP contribution is -2.40. The third-order valence-electron chi connectivity index (χ3n) is 4.89. The quantitative estimate of drug-likeness (QED) is 0.909. The number of carbonyl (C=O) groups excluding carboxylic acids is 1. The maximum Gasteiger partial charge on any atom is 0.313 e. The standard InChI is InChI=1S/C18H22N2O4/c1-13-9-14-5-3-4-6-15(14)20(13)10-16(21)19-8-7-18(11-19,12-24-2)17(22)23/h3-6,9H,7-8,10-12H2,1-2H3,(H,22,23). The van der Waals surface area contributed by atoms with Crippen molar-refractivity contribution < 1.29 is 19.4 Å². The molecule has 1 aliphatic rings. The van der Waals surface area contributed by atoms with E-state index in [2.05, 4.69) is 6.07 Å². The zero-order chi connectivity index (χ0) is 17.3. The van der Waals surface area contributed by atoms with Crippen LogP contribution in [0.25, 0.3) is 10.9 Å². The van der Waals surface area contributed by atoms with E-state index in [0.717, 1.165) is 16.6 Å². The molecule has 1 unspecified atom stereocenters. The number of aromatic nitrogens is 1. The number of aliphatic carboxylic acids is 1. The van der Waals surface area contributed by atoms with Crippen LogP contribution >= 0.6 is 0 Å². The Balaban J connectivity index is 1.78. The summed E-state index contributed by atoms with van der Waals surface area (Å²) >= 11 is 0. The van der Waals surface area contributed by atoms with Crippen molar-refractivity contribution in [2.24, 2.45) is 5.41 Å². The minimum absolute atomic E-state index is 0.0568. The highest BCUT2D eigenvalue weighted by Gasteiger charge is 2.46. The van der Waals surface area contributed by atoms with Crippen LogP contribution in [0, 0.1) is 12.3 Å². The molecule has 6 nitrogen and oxygen atoms in total. The largest absolute Gasteiger partial charge is 0.481 e. The van der Waals surface area contributed by atoms with Gasteiger partial charge in [-0.25, -0.2) is 0 Å². The number of methoxy groups -OCH3 is 1. The fraction of sp³-hybridized carbons (Fsp3) is 0.444. The van der Waals surface area contributed by atoms with Crippen LogP contribution in [-0.4, -0.2) is 53.3 Å². The summed E-state index contributed by atoms with van der Waals surface area (Å²) in [6, 6.07) is 9.99. The zero-order valence-electron chi connectivity index (χ0n) is 14.0. The Bertz CT molecular complexity index is 782. The summed E-state index contributed by atoms with van der Waals surface area (Å²) in [4.78, 5) is 25.9. The summed E-state index contributed by atoms with van der Waals surface area (Å²) in [5.74, 6) is -0.957. The van der Waals surface area contributed by atoms with Crippen LogP contribution in [0.1, 0.15) is 12.1 Å². The van der Waals surface area contributed by atoms with E-state index < -0.39 is 11.4 Å². The fourth-order valence-corrected chi connectivity index (χ4v) is 3.51. The van der Waals surface area contributed by atoms with Crippen molar-refractivity contribution in [3.8, 4) is 0 Å². The van der Waals surface area contributed by atoms with Gasteiger partial charge >= 0.3 is 5.97 Å². The van der Waals surface area contributed by atoms with Crippen LogP contribution in [0.4, 0.5) is 0 Å². The molecule has 0 saturated carbocycles. The highest BCUT2D eigenvalue weighted by Crippen LogP contribution is 2.31. The van der Waals surface area contributed by atoms with E-state index in [4.69, 9.17) is 4.74 Å². The lowest BCUT2D eigenvalue weighted by atomic mass is 9.88. The number of para-hydroxylation sites is 1. The average molecular weight is 330 g/mol. The van der Waals surface area contributed by atoms with Gasteiger partial charge in [-0.1, -0.05) is 18.2 Å². The molecule has 2 aromatic rings. The van der Waals surface area contributed by atoms with E-state index in [1.165, 1.54) is 7.11 Å². The number of hydrogen-bond donors (Lipinski definition) is 1. The lowest BCUT2D eigenvalue weighted by Gasteiger charge is -2.24. The first kappa shape index (κ1) is 16.5. The number of carbonyl (C=O) groups is 2. The van der Waals surface area contributed by atoms with E-state index in [-0.39, 0.29) is 25.6 Å². The van der Waals surface area contributed by atoms with E-state index in [0.29, 0.717) is 13.0 Å². The lowest BCUT2D eigenvalue weighted by molar-refractivity contribution is -0.151. The van der Waals surface area contributed by atoms with Gasteiger partial charge in [-0.15, -0.1) is 0 Å². The number of rotatable bonds is 5. The number of benzene rings is 1. The van der Waals surface area contributed by atoms with Crippen LogP contribution in [0.15, 0.2) is 30.3 Å². The highest BCUT2D eigenvalue weighted by molar-refractivity contribution is 5.85. The maximum absolute atomic E-state index is 12.7. The molecule has 1 amide bonds. The molecule has 1 saturated heterocycles. The van der Waals surface area contributed by atoms with Gasteiger partial charge < -0.3 is 19.3 Å². The molecule has 3 rings (SSSR count). The van der Waals surface area contributed by atoms with Crippen molar-refractivity contribution in [3.63, 3.8) is 0 Å². The van der Waals surface area contributed by atoms with Gasteiger partial charge in [-0.05, 0) is 30.9 Å². The number of fused-ring (bicyclic) bond motifs is 1. The minimum atomic E-state index is -0.988. The van der Waals surface area contributed by atoms with Gasteiger partial charge in [0.25, 0.3) is 0 Å². The summed E-state index contributed by atoms with van der Waals surface area (Å²) < 4.78 is 7.06. The molecule has 6 heteroatoms. The minimum Gasteiger partial charge on any atom is -0.481 e. The number of likely N-dealkylation sites (tertiary alicyclic amines) is 1. The molecule has 128 valence electrons. The van der Waals surface area contributed by atoms with Gasteiger partial charge in [0.1, 0.15) is 12.0 Å². The topological polar surface area (TPSA) is 71.8 Å². The Morgan fingerprint density at radius 2 is 2.08 bits per heavy atom. The second-order valence-electron chi connectivity index (χ2n) is 6.51. The van der Waals surface area contributed by atoms with E-state index in [1.54, 1.807) is 4.90 Å². The first-order chi connectivity index (χ1) is 11.5. The highest BCUT2D eigenvalue weighted by atomic mass is 16.5. The Morgan fingerprint density at radius 3 is 2.79 bits per heavy atom. The molecule has 1 aromatic heterocycles. The number of amides is 1. The third kappa shape index (κ3) is 2.78. The Kier molecular flexibility index (Phi) is 4.32. The predicted octanol–water partition coefficient (Wildman–Crippen LogP) is 1.90. The van der Waals surface area contributed by atoms with Crippen molar-refractivity contribution in [2.75, 3.05) is 26.8 Å². The molecule has 1 aromatic carbocycles. The molecule has 2 heterocycles. The van der Waals surface area contributed by atoms with E-state index >= 15 is 0 Å². The van der Waals surface area contributed by atoms with Gasteiger partial charge in [0.05, 0.1) is 6.61 Å². The van der Waals surface area contributed by atoms with Crippen LogP contribution in [0.5, 0.6) is 0 Å². The zero-order valence-corrected chi connectivity index (χ0v) is 14.0. The summed E-state index contributed by atoms with van der Waals surface area (Å²) in [6.07, 6.45) is 0.424. The maximum atomic E-state index is 12.7. The Labute approximate surface area is 140 Å². The molecule has 0 aliphatic carbocycles. The van der Waals surface area contributed by atoms with Crippen LogP contribution < -0.4 is 0 Å². The summed E-state index contributed by atoms with van der Waals surface area (Å²) in [6.45, 7) is 2.98. The first-order valence-electron chi connectivity index (χ1n) is 8.02. The van der Waals surface area contributed by atoms with E-state index in [9.17, 15) is 14.7 Å². The number of hydrogen-bond acceptors (Lipinski definition) is 3. The average Bonchev–Trinajstić information content (AvgIpc) is 3.11. The van der Waals surface area contributed by atoms with Crippen LogP contribution in [0.2, 0.25) is 0 Å². The molecule has 1 fully saturated rings. The first-order valence-corrected chi connectivity index (χ1v) is 8.02. The summed E-state index contributed by atoms with van der Waals surface area (Å²) in [7, 11) is 1.49. The molecule has 24 heavy (non-hydrogen) atoms. The van der Waals surface area contributed by atoms with Gasteiger partial charge in [0.2, 0.25) is 5.91 Å². The molecule has 1 atom stereocenters. The Hall–Kier alpha value is -2.34. The normalized spacial score (nSPS) is 20.7. The van der Waals surface area contributed by atoms with Crippen molar-refractivity contribution in [1.29, 1.82) is 0 Å². The number of ether oxygens (including phenoxy) is 1. The van der Waals surface area contributed by atoms with Gasteiger partial charge in [0, 0.05) is 31.4 Å². The third-order valence-corrected chi connectivity index (χ3v) is 4.89. The summed E-state index contributed by atoms with van der Waals surface area (Å²) in [5, 5.41) is 10.6. The molecule has 1 aliphatic heterocycles. The SMILES string of the molecule is COCC1(C(=O)O)CCN(C(=O)Cn2c(C)cc3ccccc32)C1. The fourth-order valence-electron chi connectivity index (χ4n) is 3.51. The van der Waals surface area contributed by atoms with Crippen molar-refractivity contribution in [3.05, 3.63) is 36.0 Å². The number of nitrogens with zero attached hydrogens (tertiary/aromatic N) is 2. The molecule has 0 bridgehead atoms. The second kappa shape index (κ2) is 6.28. The second-order valence-corrected chi connectivity index (χ2v) is 6.51. The van der Waals surface area contributed by atoms with Crippen molar-refractivity contribution in [2.45, 2.75) is 19.9 Å². The monoisotopic (exact) mass is 330 g/mol. The molecular formula is C18H22N2O4. The van der Waals surface area contributed by atoms with E-state index in [1.807, 2.05) is 35.8 Å². The van der Waals surface area contributed by atoms with Crippen LogP contribution in [-0.2, 0) is 20.9 Å². The molecule has 1 N–H and O–H groups in total. The number of carboxylic acids is 1.